The van der Waals surface area contributed by atoms with Gasteiger partial charge in [0.25, 0.3) is 5.91 Å². The number of carbonyl (C=O) groups is 1. The molecule has 2 atom stereocenters. The number of nitrogens with two attached hydrogens (primary N) is 1. The number of hydrogen-bond donors (Lipinski definition) is 1. The number of ether oxygens (including phenoxy) is 1. The van der Waals surface area contributed by atoms with E-state index >= 15 is 0 Å². The summed E-state index contributed by atoms with van der Waals surface area (Å²) in [5.41, 5.74) is 5.55. The first-order valence-corrected chi connectivity index (χ1v) is 6.81. The molecule has 0 aromatic rings. The lowest BCUT2D eigenvalue weighted by Crippen LogP contribution is -2.39. The minimum atomic E-state index is -0.241. The lowest BCUT2D eigenvalue weighted by atomic mass is 10.1. The van der Waals surface area contributed by atoms with Crippen LogP contribution in [0.4, 0.5) is 0 Å². The van der Waals surface area contributed by atoms with Crippen molar-refractivity contribution in [3.8, 4) is 0 Å². The highest BCUT2D eigenvalue weighted by molar-refractivity contribution is 5.81. The average molecular weight is 240 g/mol. The Balaban J connectivity index is 1.78. The molecule has 4 nitrogen and oxygen atoms in total. The molecular formula is C13H24N2O2. The van der Waals surface area contributed by atoms with Crippen LogP contribution in [0.15, 0.2) is 0 Å². The van der Waals surface area contributed by atoms with E-state index in [1.807, 2.05) is 11.9 Å². The highest BCUT2D eigenvalue weighted by Gasteiger charge is 2.32. The first-order chi connectivity index (χ1) is 8.20. The smallest absolute Gasteiger partial charge is 0.251 e. The fourth-order valence-electron chi connectivity index (χ4n) is 2.98. The van der Waals surface area contributed by atoms with Gasteiger partial charge in [-0.15, -0.1) is 0 Å². The SMILES string of the molecule is CN(CC1CCCC1)C(=O)C1CCC(CN)O1. The van der Waals surface area contributed by atoms with E-state index in [0.29, 0.717) is 12.5 Å². The van der Waals surface area contributed by atoms with Crippen molar-refractivity contribution in [1.29, 1.82) is 0 Å². The lowest BCUT2D eigenvalue weighted by molar-refractivity contribution is -0.141. The molecule has 1 saturated carbocycles. The predicted octanol–water partition coefficient (Wildman–Crippen LogP) is 1.14. The molecule has 0 spiro atoms. The molecule has 2 unspecified atom stereocenters. The van der Waals surface area contributed by atoms with Gasteiger partial charge in [0.15, 0.2) is 0 Å². The first-order valence-electron chi connectivity index (χ1n) is 6.81. The van der Waals surface area contributed by atoms with Crippen molar-refractivity contribution in [3.63, 3.8) is 0 Å². The van der Waals surface area contributed by atoms with E-state index in [1.54, 1.807) is 0 Å². The molecule has 0 aromatic carbocycles. The Morgan fingerprint density at radius 3 is 2.59 bits per heavy atom. The lowest BCUT2D eigenvalue weighted by Gasteiger charge is -2.24. The molecule has 2 rings (SSSR count). The maximum atomic E-state index is 12.2. The normalized spacial score (nSPS) is 29.8. The standard InChI is InChI=1S/C13H24N2O2/c1-15(9-10-4-2-3-5-10)13(16)12-7-6-11(8-14)17-12/h10-12H,2-9,14H2,1H3. The summed E-state index contributed by atoms with van der Waals surface area (Å²) < 4.78 is 5.64. The summed E-state index contributed by atoms with van der Waals surface area (Å²) in [6, 6.07) is 0. The number of carbonyl (C=O) groups excluding carboxylic acids is 1. The van der Waals surface area contributed by atoms with Gasteiger partial charge in [-0.2, -0.15) is 0 Å². The largest absolute Gasteiger partial charge is 0.364 e. The monoisotopic (exact) mass is 240 g/mol. The Morgan fingerprint density at radius 2 is 2.00 bits per heavy atom. The van der Waals surface area contributed by atoms with Crippen LogP contribution < -0.4 is 5.73 Å². The maximum Gasteiger partial charge on any atom is 0.251 e. The van der Waals surface area contributed by atoms with E-state index in [-0.39, 0.29) is 18.1 Å². The summed E-state index contributed by atoms with van der Waals surface area (Å²) >= 11 is 0. The average Bonchev–Trinajstić information content (AvgIpc) is 2.98. The van der Waals surface area contributed by atoms with Gasteiger partial charge in [-0.1, -0.05) is 12.8 Å². The van der Waals surface area contributed by atoms with Crippen LogP contribution in [0.2, 0.25) is 0 Å². The molecule has 1 aliphatic heterocycles. The molecular weight excluding hydrogens is 216 g/mol. The number of amides is 1. The van der Waals surface area contributed by atoms with Crippen LogP contribution in [0.5, 0.6) is 0 Å². The quantitative estimate of drug-likeness (QED) is 0.801. The summed E-state index contributed by atoms with van der Waals surface area (Å²) in [7, 11) is 1.90. The molecule has 0 bridgehead atoms. The predicted molar refractivity (Wildman–Crippen MR) is 66.5 cm³/mol. The first kappa shape index (κ1) is 12.8. The van der Waals surface area contributed by atoms with E-state index < -0.39 is 0 Å². The van der Waals surface area contributed by atoms with E-state index in [9.17, 15) is 4.79 Å². The fourth-order valence-corrected chi connectivity index (χ4v) is 2.98. The minimum Gasteiger partial charge on any atom is -0.364 e. The Morgan fingerprint density at radius 1 is 1.29 bits per heavy atom. The topological polar surface area (TPSA) is 55.6 Å². The van der Waals surface area contributed by atoms with Gasteiger partial charge in [0.1, 0.15) is 6.10 Å². The minimum absolute atomic E-state index is 0.0869. The fraction of sp³-hybridized carbons (Fsp3) is 0.923. The van der Waals surface area contributed by atoms with Crippen LogP contribution in [0.1, 0.15) is 38.5 Å². The van der Waals surface area contributed by atoms with Crippen molar-refractivity contribution in [2.45, 2.75) is 50.7 Å². The summed E-state index contributed by atoms with van der Waals surface area (Å²) in [5.74, 6) is 0.850. The van der Waals surface area contributed by atoms with Crippen LogP contribution in [0.3, 0.4) is 0 Å². The highest BCUT2D eigenvalue weighted by Crippen LogP contribution is 2.26. The maximum absolute atomic E-state index is 12.2. The Hall–Kier alpha value is -0.610. The van der Waals surface area contributed by atoms with E-state index in [2.05, 4.69) is 0 Å². The molecule has 1 amide bonds. The number of rotatable bonds is 4. The molecule has 17 heavy (non-hydrogen) atoms. The van der Waals surface area contributed by atoms with Crippen molar-refractivity contribution in [1.82, 2.24) is 4.90 Å². The molecule has 1 heterocycles. The van der Waals surface area contributed by atoms with Gasteiger partial charge in [0.05, 0.1) is 6.10 Å². The van der Waals surface area contributed by atoms with Crippen LogP contribution in [-0.2, 0) is 9.53 Å². The second-order valence-electron chi connectivity index (χ2n) is 5.43. The zero-order valence-electron chi connectivity index (χ0n) is 10.7. The summed E-state index contributed by atoms with van der Waals surface area (Å²) in [6.45, 7) is 1.42. The zero-order valence-corrected chi connectivity index (χ0v) is 10.7. The number of likely N-dealkylation sites (N-methyl/N-ethyl adjacent to an activating group) is 1. The second-order valence-corrected chi connectivity index (χ2v) is 5.43. The van der Waals surface area contributed by atoms with Gasteiger partial charge in [0, 0.05) is 20.1 Å². The summed E-state index contributed by atoms with van der Waals surface area (Å²) in [6.07, 6.45) is 6.78. The van der Waals surface area contributed by atoms with Crippen molar-refractivity contribution in [3.05, 3.63) is 0 Å². The number of hydrogen-bond acceptors (Lipinski definition) is 3. The molecule has 1 aliphatic carbocycles. The van der Waals surface area contributed by atoms with Crippen molar-refractivity contribution in [2.75, 3.05) is 20.1 Å². The van der Waals surface area contributed by atoms with Gasteiger partial charge in [-0.05, 0) is 31.6 Å². The second kappa shape index (κ2) is 5.83. The van der Waals surface area contributed by atoms with E-state index in [0.717, 1.165) is 19.4 Å². The van der Waals surface area contributed by atoms with Gasteiger partial charge in [-0.3, -0.25) is 4.79 Å². The van der Waals surface area contributed by atoms with Crippen molar-refractivity contribution >= 4 is 5.91 Å². The molecule has 4 heteroatoms. The molecule has 0 aromatic heterocycles. The van der Waals surface area contributed by atoms with Crippen LogP contribution in [0, 0.1) is 5.92 Å². The van der Waals surface area contributed by atoms with Gasteiger partial charge >= 0.3 is 0 Å². The van der Waals surface area contributed by atoms with Gasteiger partial charge in [-0.25, -0.2) is 0 Å². The number of nitrogens with zero attached hydrogens (tertiary/aromatic N) is 1. The van der Waals surface area contributed by atoms with Gasteiger partial charge in [0.2, 0.25) is 0 Å². The van der Waals surface area contributed by atoms with E-state index in [4.69, 9.17) is 10.5 Å². The summed E-state index contributed by atoms with van der Waals surface area (Å²) in [4.78, 5) is 14.0. The third-order valence-corrected chi connectivity index (χ3v) is 4.03. The van der Waals surface area contributed by atoms with Crippen molar-refractivity contribution < 1.29 is 9.53 Å². The van der Waals surface area contributed by atoms with Gasteiger partial charge < -0.3 is 15.4 Å². The molecule has 1 saturated heterocycles. The molecule has 2 aliphatic rings. The zero-order chi connectivity index (χ0) is 12.3. The third kappa shape index (κ3) is 3.19. The van der Waals surface area contributed by atoms with Crippen LogP contribution in [0.25, 0.3) is 0 Å². The highest BCUT2D eigenvalue weighted by atomic mass is 16.5. The van der Waals surface area contributed by atoms with Crippen LogP contribution in [-0.4, -0.2) is 43.2 Å². The third-order valence-electron chi connectivity index (χ3n) is 4.03. The van der Waals surface area contributed by atoms with E-state index in [1.165, 1.54) is 25.7 Å². The Bertz CT molecular complexity index is 264. The van der Waals surface area contributed by atoms with Crippen LogP contribution >= 0.6 is 0 Å². The summed E-state index contributed by atoms with van der Waals surface area (Å²) in [5, 5.41) is 0. The molecule has 0 radical (unpaired) electrons. The Labute approximate surface area is 103 Å². The van der Waals surface area contributed by atoms with Crippen molar-refractivity contribution in [2.24, 2.45) is 11.7 Å². The molecule has 98 valence electrons. The molecule has 2 fully saturated rings. The Kier molecular flexibility index (Phi) is 4.40. The molecule has 2 N–H and O–H groups in total.